The maximum absolute atomic E-state index is 10.7. The van der Waals surface area contributed by atoms with Crippen LogP contribution in [0.3, 0.4) is 0 Å². The first-order valence-corrected chi connectivity index (χ1v) is 8.04. The lowest BCUT2D eigenvalue weighted by molar-refractivity contribution is -0.101. The molecule has 0 spiro atoms. The summed E-state index contributed by atoms with van der Waals surface area (Å²) in [5.41, 5.74) is 0. The first-order valence-electron chi connectivity index (χ1n) is 5.56. The Hall–Kier alpha value is 0.160. The van der Waals surface area contributed by atoms with Gasteiger partial charge in [-0.05, 0) is 33.1 Å². The van der Waals surface area contributed by atoms with E-state index >= 15 is 0 Å². The first-order chi connectivity index (χ1) is 7.37. The van der Waals surface area contributed by atoms with Crippen molar-refractivity contribution >= 4 is 19.7 Å². The molecular weight excluding hydrogens is 252 g/mol. The monoisotopic (exact) mass is 270 g/mol. The molecule has 4 nitrogen and oxygen atoms in total. The van der Waals surface area contributed by atoms with E-state index in [-0.39, 0.29) is 24.1 Å². The third-order valence-electron chi connectivity index (χ3n) is 2.54. The van der Waals surface area contributed by atoms with Crippen LogP contribution in [0.4, 0.5) is 0 Å². The molecule has 1 aliphatic heterocycles. The molecule has 0 radical (unpaired) electrons. The van der Waals surface area contributed by atoms with Crippen molar-refractivity contribution in [3.05, 3.63) is 0 Å². The predicted molar refractivity (Wildman–Crippen MR) is 63.2 cm³/mol. The Balaban J connectivity index is 2.17. The van der Waals surface area contributed by atoms with E-state index in [2.05, 4.69) is 0 Å². The van der Waals surface area contributed by atoms with Crippen molar-refractivity contribution in [2.45, 2.75) is 51.4 Å². The lowest BCUT2D eigenvalue weighted by Gasteiger charge is -2.31. The maximum Gasteiger partial charge on any atom is 0.232 e. The number of rotatable bonds is 5. The molecule has 2 atom stereocenters. The molecule has 6 heteroatoms. The van der Waals surface area contributed by atoms with Crippen molar-refractivity contribution in [2.24, 2.45) is 0 Å². The van der Waals surface area contributed by atoms with E-state index in [0.29, 0.717) is 13.0 Å². The van der Waals surface area contributed by atoms with E-state index in [0.717, 1.165) is 12.8 Å². The van der Waals surface area contributed by atoms with Crippen LogP contribution in [-0.2, 0) is 18.5 Å². The second-order valence-electron chi connectivity index (χ2n) is 4.32. The summed E-state index contributed by atoms with van der Waals surface area (Å²) >= 11 is 0. The van der Waals surface area contributed by atoms with Gasteiger partial charge >= 0.3 is 0 Å². The summed E-state index contributed by atoms with van der Waals surface area (Å²) in [5, 5.41) is 0. The molecule has 1 fully saturated rings. The van der Waals surface area contributed by atoms with Gasteiger partial charge in [-0.15, -0.1) is 0 Å². The first kappa shape index (κ1) is 14.2. The van der Waals surface area contributed by atoms with Crippen molar-refractivity contribution in [1.82, 2.24) is 0 Å². The van der Waals surface area contributed by atoms with E-state index in [1.54, 1.807) is 0 Å². The topological polar surface area (TPSA) is 52.6 Å². The predicted octanol–water partition coefficient (Wildman–Crippen LogP) is 1.92. The zero-order valence-electron chi connectivity index (χ0n) is 9.69. The van der Waals surface area contributed by atoms with Crippen molar-refractivity contribution in [3.8, 4) is 0 Å². The fourth-order valence-electron chi connectivity index (χ4n) is 1.96. The minimum atomic E-state index is -3.38. The van der Waals surface area contributed by atoms with Gasteiger partial charge in [0.05, 0.1) is 24.1 Å². The van der Waals surface area contributed by atoms with Gasteiger partial charge in [0.25, 0.3) is 0 Å². The van der Waals surface area contributed by atoms with Crippen LogP contribution in [0.5, 0.6) is 0 Å². The van der Waals surface area contributed by atoms with E-state index in [1.165, 1.54) is 0 Å². The van der Waals surface area contributed by atoms with Crippen molar-refractivity contribution < 1.29 is 17.9 Å². The van der Waals surface area contributed by atoms with E-state index in [9.17, 15) is 8.42 Å². The SMILES string of the molecule is CC1CC(OCCCS(=O)(=O)Cl)CC(C)O1. The molecule has 2 unspecified atom stereocenters. The van der Waals surface area contributed by atoms with E-state index in [4.69, 9.17) is 20.2 Å². The summed E-state index contributed by atoms with van der Waals surface area (Å²) in [4.78, 5) is 0. The molecule has 96 valence electrons. The third-order valence-corrected chi connectivity index (χ3v) is 3.78. The maximum atomic E-state index is 10.7. The summed E-state index contributed by atoms with van der Waals surface area (Å²) in [7, 11) is 1.72. The van der Waals surface area contributed by atoms with Crippen LogP contribution in [0.2, 0.25) is 0 Å². The van der Waals surface area contributed by atoms with Crippen LogP contribution in [0.1, 0.15) is 33.1 Å². The average molecular weight is 271 g/mol. The minimum absolute atomic E-state index is 0.0249. The van der Waals surface area contributed by atoms with Gasteiger partial charge in [0.15, 0.2) is 0 Å². The van der Waals surface area contributed by atoms with Crippen LogP contribution in [0.25, 0.3) is 0 Å². The normalized spacial score (nSPS) is 31.6. The number of ether oxygens (including phenoxy) is 2. The highest BCUT2D eigenvalue weighted by molar-refractivity contribution is 8.13. The van der Waals surface area contributed by atoms with Crippen LogP contribution < -0.4 is 0 Å². The Kier molecular flexibility index (Phi) is 5.50. The molecule has 0 aromatic carbocycles. The molecule has 0 amide bonds. The lowest BCUT2D eigenvalue weighted by atomic mass is 10.0. The van der Waals surface area contributed by atoms with E-state index < -0.39 is 9.05 Å². The second kappa shape index (κ2) is 6.19. The summed E-state index contributed by atoms with van der Waals surface area (Å²) in [6.07, 6.45) is 2.80. The zero-order valence-corrected chi connectivity index (χ0v) is 11.3. The Morgan fingerprint density at radius 3 is 2.38 bits per heavy atom. The summed E-state index contributed by atoms with van der Waals surface area (Å²) < 4.78 is 32.5. The Morgan fingerprint density at radius 2 is 1.88 bits per heavy atom. The smallest absolute Gasteiger partial charge is 0.232 e. The molecule has 16 heavy (non-hydrogen) atoms. The number of hydrogen-bond acceptors (Lipinski definition) is 4. The molecule has 0 aromatic rings. The second-order valence-corrected chi connectivity index (χ2v) is 7.21. The number of halogens is 1. The van der Waals surface area contributed by atoms with E-state index in [1.807, 2.05) is 13.8 Å². The van der Waals surface area contributed by atoms with Gasteiger partial charge in [-0.3, -0.25) is 0 Å². The molecule has 1 saturated heterocycles. The average Bonchev–Trinajstić information content (AvgIpc) is 2.09. The van der Waals surface area contributed by atoms with Gasteiger partial charge in [-0.2, -0.15) is 0 Å². The molecule has 0 N–H and O–H groups in total. The largest absolute Gasteiger partial charge is 0.378 e. The van der Waals surface area contributed by atoms with Gasteiger partial charge in [-0.25, -0.2) is 8.42 Å². The molecule has 1 heterocycles. The highest BCUT2D eigenvalue weighted by atomic mass is 35.7. The molecule has 1 rings (SSSR count). The van der Waals surface area contributed by atoms with Crippen molar-refractivity contribution in [3.63, 3.8) is 0 Å². The van der Waals surface area contributed by atoms with Gasteiger partial charge in [-0.1, -0.05) is 0 Å². The fraction of sp³-hybridized carbons (Fsp3) is 1.00. The molecule has 0 aliphatic carbocycles. The van der Waals surface area contributed by atoms with Gasteiger partial charge in [0.2, 0.25) is 9.05 Å². The van der Waals surface area contributed by atoms with Crippen LogP contribution in [-0.4, -0.2) is 39.1 Å². The highest BCUT2D eigenvalue weighted by Crippen LogP contribution is 2.21. The Morgan fingerprint density at radius 1 is 1.31 bits per heavy atom. The van der Waals surface area contributed by atoms with Gasteiger partial charge in [0.1, 0.15) is 0 Å². The van der Waals surface area contributed by atoms with Crippen LogP contribution >= 0.6 is 10.7 Å². The number of hydrogen-bond donors (Lipinski definition) is 0. The summed E-state index contributed by atoms with van der Waals surface area (Å²) in [6, 6.07) is 0. The third kappa shape index (κ3) is 6.03. The highest BCUT2D eigenvalue weighted by Gasteiger charge is 2.24. The molecule has 0 bridgehead atoms. The standard InChI is InChI=1S/C10H19ClO4S/c1-8-6-10(7-9(2)15-8)14-4-3-5-16(11,12)13/h8-10H,3-7H2,1-2H3. The molecule has 0 saturated carbocycles. The van der Waals surface area contributed by atoms with Crippen LogP contribution in [0, 0.1) is 0 Å². The fourth-order valence-corrected chi connectivity index (χ4v) is 2.75. The molecule has 0 aromatic heterocycles. The van der Waals surface area contributed by atoms with Gasteiger partial charge < -0.3 is 9.47 Å². The quantitative estimate of drug-likeness (QED) is 0.566. The van der Waals surface area contributed by atoms with Crippen molar-refractivity contribution in [1.29, 1.82) is 0 Å². The lowest BCUT2D eigenvalue weighted by Crippen LogP contribution is -2.34. The molecular formula is C10H19ClO4S. The van der Waals surface area contributed by atoms with Crippen LogP contribution in [0.15, 0.2) is 0 Å². The summed E-state index contributed by atoms with van der Waals surface area (Å²) in [5.74, 6) is -0.0249. The van der Waals surface area contributed by atoms with Crippen molar-refractivity contribution in [2.75, 3.05) is 12.4 Å². The minimum Gasteiger partial charge on any atom is -0.378 e. The van der Waals surface area contributed by atoms with Gasteiger partial charge in [0, 0.05) is 17.3 Å². The zero-order chi connectivity index (χ0) is 12.2. The molecule has 1 aliphatic rings. The summed E-state index contributed by atoms with van der Waals surface area (Å²) in [6.45, 7) is 4.49. The Labute approximate surface area is 102 Å². The Bertz CT molecular complexity index is 294.